The molecule has 2 aromatic heterocycles. The van der Waals surface area contributed by atoms with E-state index < -0.39 is 18.1 Å². The predicted molar refractivity (Wildman–Crippen MR) is 154 cm³/mol. The average Bonchev–Trinajstić information content (AvgIpc) is 3.27. The van der Waals surface area contributed by atoms with Gasteiger partial charge in [-0.2, -0.15) is 0 Å². The van der Waals surface area contributed by atoms with E-state index >= 15 is 0 Å². The zero-order chi connectivity index (χ0) is 30.8. The van der Waals surface area contributed by atoms with Crippen LogP contribution >= 0.6 is 0 Å². The molecule has 1 saturated carbocycles. The molecule has 0 radical (unpaired) electrons. The van der Waals surface area contributed by atoms with E-state index in [0.717, 1.165) is 24.8 Å². The number of imidazole rings is 1. The fourth-order valence-electron chi connectivity index (χ4n) is 5.92. The molecule has 1 aliphatic rings. The summed E-state index contributed by atoms with van der Waals surface area (Å²) < 4.78 is 63.5. The van der Waals surface area contributed by atoms with Crippen molar-refractivity contribution in [2.75, 3.05) is 11.9 Å². The van der Waals surface area contributed by atoms with Gasteiger partial charge in [0, 0.05) is 24.0 Å². The Morgan fingerprint density at radius 1 is 1.09 bits per heavy atom. The Morgan fingerprint density at radius 2 is 1.84 bits per heavy atom. The molecule has 2 heterocycles. The Balaban J connectivity index is 1.36. The molecule has 0 saturated heterocycles. The van der Waals surface area contributed by atoms with Gasteiger partial charge in [-0.3, -0.25) is 9.78 Å². The number of benzene rings is 2. The van der Waals surface area contributed by atoms with Crippen LogP contribution in [-0.4, -0.2) is 33.4 Å². The number of ether oxygens (including phenoxy) is 2. The van der Waals surface area contributed by atoms with Gasteiger partial charge in [-0.15, -0.1) is 13.2 Å². The molecule has 43 heavy (non-hydrogen) atoms. The van der Waals surface area contributed by atoms with Crippen LogP contribution in [0.25, 0.3) is 11.0 Å². The van der Waals surface area contributed by atoms with Gasteiger partial charge in [0.1, 0.15) is 17.3 Å². The minimum Gasteiger partial charge on any atom is -0.484 e. The minimum absolute atomic E-state index is 0.0627. The molecule has 0 bridgehead atoms. The van der Waals surface area contributed by atoms with Crippen LogP contribution in [0.3, 0.4) is 0 Å². The van der Waals surface area contributed by atoms with Crippen LogP contribution in [0.2, 0.25) is 0 Å². The smallest absolute Gasteiger partial charge is 0.484 e. The van der Waals surface area contributed by atoms with Crippen molar-refractivity contribution < 1.29 is 31.8 Å². The molecule has 2 atom stereocenters. The first-order chi connectivity index (χ1) is 20.3. The summed E-state index contributed by atoms with van der Waals surface area (Å²) in [5.74, 6) is 0.198. The normalized spacial score (nSPS) is 18.3. The van der Waals surface area contributed by atoms with Crippen LogP contribution in [0.15, 0.2) is 60.8 Å². The third-order valence-electron chi connectivity index (χ3n) is 7.39. The van der Waals surface area contributed by atoms with Crippen molar-refractivity contribution in [2.24, 2.45) is 11.3 Å². The lowest BCUT2D eigenvalue weighted by Crippen LogP contribution is -2.29. The van der Waals surface area contributed by atoms with E-state index in [1.807, 2.05) is 6.07 Å². The molecule has 2 aromatic carbocycles. The van der Waals surface area contributed by atoms with Crippen molar-refractivity contribution in [3.63, 3.8) is 0 Å². The number of alkyl halides is 3. The molecule has 4 aromatic rings. The lowest BCUT2D eigenvalue weighted by molar-refractivity contribution is -0.274. The van der Waals surface area contributed by atoms with Gasteiger partial charge in [0.15, 0.2) is 6.61 Å². The van der Waals surface area contributed by atoms with Gasteiger partial charge >= 0.3 is 6.36 Å². The van der Waals surface area contributed by atoms with Crippen molar-refractivity contribution in [1.29, 1.82) is 0 Å². The first kappa shape index (κ1) is 30.1. The van der Waals surface area contributed by atoms with Crippen molar-refractivity contribution in [2.45, 2.75) is 59.0 Å². The summed E-state index contributed by atoms with van der Waals surface area (Å²) >= 11 is 0. The zero-order valence-corrected chi connectivity index (χ0v) is 24.0. The predicted octanol–water partition coefficient (Wildman–Crippen LogP) is 7.30. The lowest BCUT2D eigenvalue weighted by atomic mass is 9.70. The molecule has 5 rings (SSSR count). The summed E-state index contributed by atoms with van der Waals surface area (Å²) in [7, 11) is 0. The number of nitrogens with one attached hydrogen (secondary N) is 2. The third kappa shape index (κ3) is 7.74. The molecule has 1 amide bonds. The average molecular weight is 600 g/mol. The van der Waals surface area contributed by atoms with Crippen molar-refractivity contribution in [1.82, 2.24) is 19.9 Å². The summed E-state index contributed by atoms with van der Waals surface area (Å²) in [5, 5.41) is 5.86. The number of nitrogens with zero attached hydrogens (tertiary/aromatic N) is 3. The SMILES string of the molecule is C[C@H]1C[C@@H](n2c(Nc3ccc(OC(F)(F)F)cc3)nc3cc(OCC(=O)NCc4ncccc4F)ccc32)CC(C)(C)C1. The van der Waals surface area contributed by atoms with Crippen LogP contribution < -0.4 is 20.1 Å². The third-order valence-corrected chi connectivity index (χ3v) is 7.39. The van der Waals surface area contributed by atoms with E-state index in [-0.39, 0.29) is 36.1 Å². The molecule has 1 fully saturated rings. The second-order valence-electron chi connectivity index (χ2n) is 11.7. The Bertz CT molecular complexity index is 1590. The second kappa shape index (κ2) is 12.1. The first-order valence-corrected chi connectivity index (χ1v) is 14.0. The number of halogens is 4. The van der Waals surface area contributed by atoms with E-state index in [1.54, 1.807) is 12.1 Å². The number of carbonyl (C=O) groups is 1. The number of hydrogen-bond acceptors (Lipinski definition) is 6. The molecule has 0 aliphatic heterocycles. The topological polar surface area (TPSA) is 90.3 Å². The molecule has 0 unspecified atom stereocenters. The monoisotopic (exact) mass is 599 g/mol. The van der Waals surface area contributed by atoms with E-state index in [9.17, 15) is 22.4 Å². The maximum absolute atomic E-state index is 13.8. The Hall–Kier alpha value is -4.35. The molecular weight excluding hydrogens is 566 g/mol. The highest BCUT2D eigenvalue weighted by Gasteiger charge is 2.35. The largest absolute Gasteiger partial charge is 0.573 e. The van der Waals surface area contributed by atoms with Crippen LogP contribution in [0.1, 0.15) is 51.8 Å². The molecule has 8 nitrogen and oxygen atoms in total. The summed E-state index contributed by atoms with van der Waals surface area (Å²) in [4.78, 5) is 21.1. The molecule has 12 heteroatoms. The molecular formula is C31H33F4N5O3. The van der Waals surface area contributed by atoms with Gasteiger partial charge in [-0.25, -0.2) is 9.37 Å². The number of anilines is 2. The number of aromatic nitrogens is 3. The maximum Gasteiger partial charge on any atom is 0.573 e. The summed E-state index contributed by atoms with van der Waals surface area (Å²) in [5.41, 5.74) is 2.28. The van der Waals surface area contributed by atoms with E-state index in [0.29, 0.717) is 28.8 Å². The molecule has 0 spiro atoms. The van der Waals surface area contributed by atoms with Crippen LogP contribution in [0.4, 0.5) is 29.2 Å². The van der Waals surface area contributed by atoms with Crippen molar-refractivity contribution in [3.05, 3.63) is 72.3 Å². The van der Waals surface area contributed by atoms with Gasteiger partial charge < -0.3 is 24.7 Å². The van der Waals surface area contributed by atoms with Gasteiger partial charge in [0.05, 0.1) is 23.3 Å². The van der Waals surface area contributed by atoms with Gasteiger partial charge in [-0.05, 0) is 79.1 Å². The van der Waals surface area contributed by atoms with Crippen LogP contribution in [0, 0.1) is 17.2 Å². The van der Waals surface area contributed by atoms with E-state index in [1.165, 1.54) is 42.6 Å². The Morgan fingerprint density at radius 3 is 2.53 bits per heavy atom. The fourth-order valence-corrected chi connectivity index (χ4v) is 5.92. The highest BCUT2D eigenvalue weighted by molar-refractivity contribution is 5.82. The standard InChI is InChI=1S/C31H33F4N5O3/c1-19-13-21(16-30(2,3)15-19)40-27-11-10-23(42-18-28(41)37-17-26-24(32)5-4-12-36-26)14-25(27)39-29(40)38-20-6-8-22(9-7-20)43-31(33,34)35/h4-12,14,19,21H,13,15-18H2,1-3H3,(H,37,41)(H,38,39)/t19-,21+/m0/s1. The summed E-state index contributed by atoms with van der Waals surface area (Å²) in [6, 6.07) is 13.7. The Labute approximate surface area is 246 Å². The van der Waals surface area contributed by atoms with Gasteiger partial charge in [0.2, 0.25) is 5.95 Å². The summed E-state index contributed by atoms with van der Waals surface area (Å²) in [6.07, 6.45) is -0.356. The molecule has 2 N–H and O–H groups in total. The molecule has 1 aliphatic carbocycles. The van der Waals surface area contributed by atoms with Gasteiger partial charge in [0.25, 0.3) is 5.91 Å². The van der Waals surface area contributed by atoms with Crippen molar-refractivity contribution in [3.8, 4) is 11.5 Å². The highest BCUT2D eigenvalue weighted by atomic mass is 19.4. The first-order valence-electron chi connectivity index (χ1n) is 14.0. The maximum atomic E-state index is 13.8. The van der Waals surface area contributed by atoms with E-state index in [2.05, 4.69) is 45.7 Å². The minimum atomic E-state index is -4.77. The number of pyridine rings is 1. The van der Waals surface area contributed by atoms with Crippen LogP contribution in [-0.2, 0) is 11.3 Å². The highest BCUT2D eigenvalue weighted by Crippen LogP contribution is 2.46. The van der Waals surface area contributed by atoms with Crippen molar-refractivity contribution >= 4 is 28.6 Å². The Kier molecular flexibility index (Phi) is 8.48. The number of fused-ring (bicyclic) bond motifs is 1. The lowest BCUT2D eigenvalue weighted by Gasteiger charge is -2.40. The van der Waals surface area contributed by atoms with Crippen LogP contribution in [0.5, 0.6) is 11.5 Å². The number of carbonyl (C=O) groups excluding carboxylic acids is 1. The second-order valence-corrected chi connectivity index (χ2v) is 11.7. The number of hydrogen-bond donors (Lipinski definition) is 2. The van der Waals surface area contributed by atoms with E-state index in [4.69, 9.17) is 9.72 Å². The zero-order valence-electron chi connectivity index (χ0n) is 24.0. The number of amides is 1. The van der Waals surface area contributed by atoms with Gasteiger partial charge in [-0.1, -0.05) is 20.8 Å². The quantitative estimate of drug-likeness (QED) is 0.196. The number of rotatable bonds is 9. The fraction of sp³-hybridized carbons (Fsp3) is 0.387. The summed E-state index contributed by atoms with van der Waals surface area (Å²) in [6.45, 7) is 6.39. The molecule has 228 valence electrons.